The molecule has 0 aromatic heterocycles. The average Bonchev–Trinajstić information content (AvgIpc) is 2.44. The van der Waals surface area contributed by atoms with E-state index in [2.05, 4.69) is 17.6 Å². The summed E-state index contributed by atoms with van der Waals surface area (Å²) in [4.78, 5) is 12.1. The zero-order chi connectivity index (χ0) is 14.5. The first-order chi connectivity index (χ1) is 9.56. The minimum Gasteiger partial charge on any atom is -0.326 e. The Hall–Kier alpha value is -0.770. The van der Waals surface area contributed by atoms with Crippen LogP contribution in [0.1, 0.15) is 26.2 Å². The molecule has 1 aromatic carbocycles. The fourth-order valence-corrected chi connectivity index (χ4v) is 2.91. The molecule has 0 radical (unpaired) electrons. The van der Waals surface area contributed by atoms with Gasteiger partial charge in [0.05, 0.1) is 10.0 Å². The maximum Gasteiger partial charge on any atom is 0.224 e. The van der Waals surface area contributed by atoms with Gasteiger partial charge in [-0.3, -0.25) is 4.79 Å². The van der Waals surface area contributed by atoms with E-state index in [4.69, 9.17) is 23.2 Å². The van der Waals surface area contributed by atoms with Gasteiger partial charge in [-0.15, -0.1) is 0 Å². The second-order valence-electron chi connectivity index (χ2n) is 5.46. The van der Waals surface area contributed by atoms with Gasteiger partial charge in [0, 0.05) is 12.1 Å². The number of hydrogen-bond donors (Lipinski definition) is 2. The predicted octanol–water partition coefficient (Wildman–Crippen LogP) is 3.96. The second kappa shape index (κ2) is 7.30. The standard InChI is InChI=1S/C15H20Cl2N2O/c1-10(11-3-2-6-18-9-11)7-15(20)19-12-4-5-13(16)14(17)8-12/h4-5,8,10-11,18H,2-3,6-7,9H2,1H3,(H,19,20). The Morgan fingerprint density at radius 2 is 2.25 bits per heavy atom. The van der Waals surface area contributed by atoms with Gasteiger partial charge in [0.2, 0.25) is 5.91 Å². The summed E-state index contributed by atoms with van der Waals surface area (Å²) in [6.07, 6.45) is 2.93. The summed E-state index contributed by atoms with van der Waals surface area (Å²) in [6.45, 7) is 4.26. The Balaban J connectivity index is 1.86. The fourth-order valence-electron chi connectivity index (χ4n) is 2.61. The first-order valence-electron chi connectivity index (χ1n) is 7.02. The molecule has 0 bridgehead atoms. The second-order valence-corrected chi connectivity index (χ2v) is 6.28. The smallest absolute Gasteiger partial charge is 0.224 e. The zero-order valence-corrected chi connectivity index (χ0v) is 13.1. The number of halogens is 2. The van der Waals surface area contributed by atoms with Crippen LogP contribution in [0.4, 0.5) is 5.69 Å². The van der Waals surface area contributed by atoms with Crippen molar-refractivity contribution in [2.24, 2.45) is 11.8 Å². The average molecular weight is 315 g/mol. The molecule has 0 aliphatic carbocycles. The van der Waals surface area contributed by atoms with Crippen LogP contribution in [0.2, 0.25) is 10.0 Å². The highest BCUT2D eigenvalue weighted by Crippen LogP contribution is 2.26. The van der Waals surface area contributed by atoms with E-state index in [1.54, 1.807) is 18.2 Å². The van der Waals surface area contributed by atoms with Crippen LogP contribution in [-0.4, -0.2) is 19.0 Å². The third-order valence-electron chi connectivity index (χ3n) is 3.85. The number of amides is 1. The first-order valence-corrected chi connectivity index (χ1v) is 7.77. The van der Waals surface area contributed by atoms with E-state index in [9.17, 15) is 4.79 Å². The Kier molecular flexibility index (Phi) is 5.70. The highest BCUT2D eigenvalue weighted by Gasteiger charge is 2.22. The number of carbonyl (C=O) groups excluding carboxylic acids is 1. The van der Waals surface area contributed by atoms with Crippen molar-refractivity contribution in [2.75, 3.05) is 18.4 Å². The van der Waals surface area contributed by atoms with Crippen LogP contribution in [0.3, 0.4) is 0 Å². The van der Waals surface area contributed by atoms with Gasteiger partial charge >= 0.3 is 0 Å². The van der Waals surface area contributed by atoms with E-state index in [1.165, 1.54) is 12.8 Å². The molecule has 2 N–H and O–H groups in total. The van der Waals surface area contributed by atoms with Crippen molar-refractivity contribution in [3.8, 4) is 0 Å². The summed E-state index contributed by atoms with van der Waals surface area (Å²) < 4.78 is 0. The molecule has 2 rings (SSSR count). The number of hydrogen-bond acceptors (Lipinski definition) is 2. The van der Waals surface area contributed by atoms with Gasteiger partial charge in [0.25, 0.3) is 0 Å². The molecular weight excluding hydrogens is 295 g/mol. The van der Waals surface area contributed by atoms with E-state index < -0.39 is 0 Å². The molecule has 3 nitrogen and oxygen atoms in total. The number of anilines is 1. The lowest BCUT2D eigenvalue weighted by atomic mass is 9.85. The third kappa shape index (κ3) is 4.37. The highest BCUT2D eigenvalue weighted by molar-refractivity contribution is 6.42. The van der Waals surface area contributed by atoms with E-state index >= 15 is 0 Å². The van der Waals surface area contributed by atoms with Crippen molar-refractivity contribution < 1.29 is 4.79 Å². The lowest BCUT2D eigenvalue weighted by Crippen LogP contribution is -2.34. The van der Waals surface area contributed by atoms with E-state index in [0.29, 0.717) is 34.0 Å². The summed E-state index contributed by atoms with van der Waals surface area (Å²) in [5, 5.41) is 7.21. The van der Waals surface area contributed by atoms with Crippen molar-refractivity contribution in [1.82, 2.24) is 5.32 Å². The fraction of sp³-hybridized carbons (Fsp3) is 0.533. The predicted molar refractivity (Wildman–Crippen MR) is 84.5 cm³/mol. The molecule has 1 aliphatic heterocycles. The maximum atomic E-state index is 12.1. The molecule has 0 saturated carbocycles. The number of nitrogens with one attached hydrogen (secondary N) is 2. The molecule has 20 heavy (non-hydrogen) atoms. The van der Waals surface area contributed by atoms with Crippen molar-refractivity contribution >= 4 is 34.8 Å². The maximum absolute atomic E-state index is 12.1. The van der Waals surface area contributed by atoms with Crippen molar-refractivity contribution in [1.29, 1.82) is 0 Å². The molecular formula is C15H20Cl2N2O. The molecule has 1 fully saturated rings. The molecule has 1 amide bonds. The molecule has 1 aromatic rings. The number of piperidine rings is 1. The van der Waals surface area contributed by atoms with Gasteiger partial charge in [-0.25, -0.2) is 0 Å². The van der Waals surface area contributed by atoms with Gasteiger partial charge in [0.1, 0.15) is 0 Å². The molecule has 1 heterocycles. The molecule has 1 saturated heterocycles. The molecule has 2 atom stereocenters. The summed E-state index contributed by atoms with van der Waals surface area (Å²) >= 11 is 11.8. The molecule has 110 valence electrons. The Bertz CT molecular complexity index is 473. The monoisotopic (exact) mass is 314 g/mol. The number of carbonyl (C=O) groups is 1. The van der Waals surface area contributed by atoms with Crippen LogP contribution in [0.25, 0.3) is 0 Å². The van der Waals surface area contributed by atoms with E-state index in [1.807, 2.05) is 0 Å². The van der Waals surface area contributed by atoms with Crippen LogP contribution < -0.4 is 10.6 Å². The van der Waals surface area contributed by atoms with Crippen LogP contribution in [-0.2, 0) is 4.79 Å². The molecule has 1 aliphatic rings. The minimum atomic E-state index is 0.0291. The summed E-state index contributed by atoms with van der Waals surface area (Å²) in [6, 6.07) is 5.13. The Labute approximate surface area is 130 Å². The van der Waals surface area contributed by atoms with E-state index in [-0.39, 0.29) is 5.91 Å². The highest BCUT2D eigenvalue weighted by atomic mass is 35.5. The molecule has 0 spiro atoms. The normalized spacial score (nSPS) is 20.4. The van der Waals surface area contributed by atoms with Gasteiger partial charge in [-0.1, -0.05) is 30.1 Å². The van der Waals surface area contributed by atoms with Crippen LogP contribution in [0, 0.1) is 11.8 Å². The number of benzene rings is 1. The summed E-state index contributed by atoms with van der Waals surface area (Å²) in [5.41, 5.74) is 0.693. The van der Waals surface area contributed by atoms with Crippen LogP contribution in [0.5, 0.6) is 0 Å². The first kappa shape index (κ1) is 15.6. The van der Waals surface area contributed by atoms with Crippen molar-refractivity contribution in [3.05, 3.63) is 28.2 Å². The lowest BCUT2D eigenvalue weighted by Gasteiger charge is -2.28. The Morgan fingerprint density at radius 3 is 2.90 bits per heavy atom. The van der Waals surface area contributed by atoms with Gasteiger partial charge < -0.3 is 10.6 Å². The Morgan fingerprint density at radius 1 is 1.45 bits per heavy atom. The van der Waals surface area contributed by atoms with Crippen LogP contribution in [0.15, 0.2) is 18.2 Å². The number of rotatable bonds is 4. The minimum absolute atomic E-state index is 0.0291. The summed E-state index contributed by atoms with van der Waals surface area (Å²) in [7, 11) is 0. The van der Waals surface area contributed by atoms with Crippen LogP contribution >= 0.6 is 23.2 Å². The van der Waals surface area contributed by atoms with Crippen molar-refractivity contribution in [2.45, 2.75) is 26.2 Å². The van der Waals surface area contributed by atoms with Gasteiger partial charge in [-0.2, -0.15) is 0 Å². The van der Waals surface area contributed by atoms with Crippen molar-refractivity contribution in [3.63, 3.8) is 0 Å². The zero-order valence-electron chi connectivity index (χ0n) is 11.6. The summed E-state index contributed by atoms with van der Waals surface area (Å²) in [5.74, 6) is 0.996. The third-order valence-corrected chi connectivity index (χ3v) is 4.59. The molecule has 5 heteroatoms. The van der Waals surface area contributed by atoms with E-state index in [0.717, 1.165) is 13.1 Å². The quantitative estimate of drug-likeness (QED) is 0.883. The largest absolute Gasteiger partial charge is 0.326 e. The topological polar surface area (TPSA) is 41.1 Å². The SMILES string of the molecule is CC(CC(=O)Nc1ccc(Cl)c(Cl)c1)C1CCCNC1. The molecule has 2 unspecified atom stereocenters. The lowest BCUT2D eigenvalue weighted by molar-refractivity contribution is -0.117. The van der Waals surface area contributed by atoms with Gasteiger partial charge in [-0.05, 0) is 56.0 Å². The van der Waals surface area contributed by atoms with Gasteiger partial charge in [0.15, 0.2) is 0 Å².